The zero-order valence-corrected chi connectivity index (χ0v) is 11.5. The number of alkyl halides is 3. The number of hydrogen-bond acceptors (Lipinski definition) is 4. The van der Waals surface area contributed by atoms with Crippen molar-refractivity contribution in [2.75, 3.05) is 5.32 Å². The van der Waals surface area contributed by atoms with Gasteiger partial charge in [0.1, 0.15) is 0 Å². The van der Waals surface area contributed by atoms with Crippen LogP contribution in [0.1, 0.15) is 11.1 Å². The molecule has 3 rings (SSSR count). The van der Waals surface area contributed by atoms with Crippen LogP contribution in [0.5, 0.6) is 0 Å². The van der Waals surface area contributed by atoms with E-state index >= 15 is 0 Å². The fourth-order valence-corrected chi connectivity index (χ4v) is 2.07. The van der Waals surface area contributed by atoms with Gasteiger partial charge in [-0.25, -0.2) is 9.97 Å². The maximum absolute atomic E-state index is 12.6. The average Bonchev–Trinajstić information content (AvgIpc) is 3.01. The van der Waals surface area contributed by atoms with E-state index in [4.69, 9.17) is 0 Å². The first kappa shape index (κ1) is 14.8. The van der Waals surface area contributed by atoms with E-state index in [-0.39, 0.29) is 5.84 Å². The smallest absolute Gasteiger partial charge is 0.409 e. The minimum Gasteiger partial charge on any atom is -0.409 e. The number of pyridine rings is 1. The molecule has 0 fully saturated rings. The number of benzene rings is 1. The summed E-state index contributed by atoms with van der Waals surface area (Å²) < 4.78 is 37.7. The maximum Gasteiger partial charge on any atom is 0.416 e. The number of hydrogen-bond donors (Lipinski definition) is 3. The van der Waals surface area contributed by atoms with Gasteiger partial charge in [-0.2, -0.15) is 13.2 Å². The molecule has 1 aromatic carbocycles. The van der Waals surface area contributed by atoms with Gasteiger partial charge in [-0.1, -0.05) is 5.16 Å². The zero-order chi connectivity index (χ0) is 16.4. The summed E-state index contributed by atoms with van der Waals surface area (Å²) >= 11 is 0. The summed E-state index contributed by atoms with van der Waals surface area (Å²) in [5.74, 6) is 0.0569. The number of fused-ring (bicyclic) bond motifs is 1. The third kappa shape index (κ3) is 2.93. The maximum atomic E-state index is 12.6. The second-order valence-corrected chi connectivity index (χ2v) is 4.61. The molecule has 3 N–H and O–H groups in total. The molecule has 0 saturated carbocycles. The van der Waals surface area contributed by atoms with E-state index in [1.54, 1.807) is 6.07 Å². The number of aromatic amines is 1. The van der Waals surface area contributed by atoms with Crippen LogP contribution in [0.15, 0.2) is 48.0 Å². The first-order valence-corrected chi connectivity index (χ1v) is 6.44. The Bertz CT molecular complexity index is 855. The Morgan fingerprint density at radius 2 is 1.87 bits per heavy atom. The molecule has 0 spiro atoms. The van der Waals surface area contributed by atoms with Gasteiger partial charge in [0, 0.05) is 17.4 Å². The Morgan fingerprint density at radius 3 is 2.52 bits per heavy atom. The third-order valence-corrected chi connectivity index (χ3v) is 3.16. The number of nitrogens with zero attached hydrogens (tertiary/aromatic N) is 3. The Balaban J connectivity index is 1.90. The van der Waals surface area contributed by atoms with Crippen LogP contribution in [0.4, 0.5) is 18.9 Å². The fourth-order valence-electron chi connectivity index (χ4n) is 2.07. The molecule has 0 aliphatic carbocycles. The summed E-state index contributed by atoms with van der Waals surface area (Å²) in [6.07, 6.45) is -1.48. The van der Waals surface area contributed by atoms with Gasteiger partial charge in [-0.05, 0) is 30.3 Å². The van der Waals surface area contributed by atoms with Gasteiger partial charge >= 0.3 is 6.18 Å². The van der Waals surface area contributed by atoms with E-state index in [1.807, 2.05) is 0 Å². The van der Waals surface area contributed by atoms with E-state index in [2.05, 4.69) is 25.4 Å². The van der Waals surface area contributed by atoms with E-state index in [9.17, 15) is 18.4 Å². The lowest BCUT2D eigenvalue weighted by molar-refractivity contribution is -0.137. The second kappa shape index (κ2) is 5.59. The van der Waals surface area contributed by atoms with Gasteiger partial charge < -0.3 is 15.5 Å². The van der Waals surface area contributed by atoms with Gasteiger partial charge in [0.2, 0.25) is 0 Å². The van der Waals surface area contributed by atoms with Gasteiger partial charge in [0.05, 0.1) is 17.4 Å². The Labute approximate surface area is 127 Å². The van der Waals surface area contributed by atoms with Crippen LogP contribution in [-0.4, -0.2) is 26.0 Å². The molecule has 6 nitrogen and oxygen atoms in total. The second-order valence-electron chi connectivity index (χ2n) is 4.61. The number of anilines is 1. The summed E-state index contributed by atoms with van der Waals surface area (Å²) in [6.45, 7) is 0. The molecule has 23 heavy (non-hydrogen) atoms. The number of amidine groups is 1. The van der Waals surface area contributed by atoms with Crippen molar-refractivity contribution >= 4 is 22.7 Å². The zero-order valence-electron chi connectivity index (χ0n) is 11.5. The van der Waals surface area contributed by atoms with Crippen molar-refractivity contribution in [2.45, 2.75) is 6.18 Å². The summed E-state index contributed by atoms with van der Waals surface area (Å²) in [7, 11) is 0. The Kier molecular flexibility index (Phi) is 3.61. The summed E-state index contributed by atoms with van der Waals surface area (Å²) in [6, 6.07) is 5.97. The molecular formula is C14H10F3N5O. The number of nitrogens with one attached hydrogen (secondary N) is 2. The lowest BCUT2D eigenvalue weighted by Gasteiger charge is -2.11. The molecule has 0 radical (unpaired) electrons. The third-order valence-electron chi connectivity index (χ3n) is 3.16. The van der Waals surface area contributed by atoms with E-state index in [1.165, 1.54) is 24.7 Å². The van der Waals surface area contributed by atoms with Crippen molar-refractivity contribution < 1.29 is 18.4 Å². The topological polar surface area (TPSA) is 86.2 Å². The van der Waals surface area contributed by atoms with Crippen molar-refractivity contribution in [1.82, 2.24) is 15.0 Å². The summed E-state index contributed by atoms with van der Waals surface area (Å²) in [4.78, 5) is 10.9. The first-order chi connectivity index (χ1) is 11.0. The highest BCUT2D eigenvalue weighted by atomic mass is 19.4. The molecule has 0 aliphatic rings. The standard InChI is InChI=1S/C14H10F3N5O/c15-14(16,17)8-1-3-9(4-2-8)21-12(22-23)10-5-6-18-13-11(10)19-7-20-13/h1-7,23H,(H,21,22)(H,18,19,20). The Morgan fingerprint density at radius 1 is 1.13 bits per heavy atom. The minimum atomic E-state index is -4.40. The van der Waals surface area contributed by atoms with Crippen LogP contribution in [-0.2, 0) is 6.18 Å². The number of oxime groups is 1. The van der Waals surface area contributed by atoms with Crippen LogP contribution in [0.25, 0.3) is 11.2 Å². The summed E-state index contributed by atoms with van der Waals surface area (Å²) in [5.41, 5.74) is 1.04. The quantitative estimate of drug-likeness (QED) is 0.293. The molecule has 0 aliphatic heterocycles. The molecule has 0 bridgehead atoms. The van der Waals surface area contributed by atoms with E-state index in [0.717, 1.165) is 12.1 Å². The highest BCUT2D eigenvalue weighted by molar-refractivity contribution is 6.13. The van der Waals surface area contributed by atoms with Crippen LogP contribution in [0.3, 0.4) is 0 Å². The van der Waals surface area contributed by atoms with Crippen molar-refractivity contribution in [2.24, 2.45) is 5.16 Å². The largest absolute Gasteiger partial charge is 0.416 e. The normalized spacial score (nSPS) is 12.6. The molecule has 3 aromatic rings. The molecular weight excluding hydrogens is 311 g/mol. The molecule has 2 aromatic heterocycles. The molecule has 0 saturated heterocycles. The average molecular weight is 321 g/mol. The van der Waals surface area contributed by atoms with Gasteiger partial charge in [0.15, 0.2) is 11.5 Å². The van der Waals surface area contributed by atoms with Gasteiger partial charge in [-0.15, -0.1) is 0 Å². The number of halogens is 3. The van der Waals surface area contributed by atoms with Crippen molar-refractivity contribution in [1.29, 1.82) is 0 Å². The molecule has 0 unspecified atom stereocenters. The predicted molar refractivity (Wildman–Crippen MR) is 77.3 cm³/mol. The molecule has 118 valence electrons. The first-order valence-electron chi connectivity index (χ1n) is 6.44. The number of H-pyrrole nitrogens is 1. The lowest BCUT2D eigenvalue weighted by atomic mass is 10.1. The van der Waals surface area contributed by atoms with Crippen molar-refractivity contribution in [3.63, 3.8) is 0 Å². The van der Waals surface area contributed by atoms with E-state index in [0.29, 0.717) is 22.4 Å². The van der Waals surface area contributed by atoms with Crippen molar-refractivity contribution in [3.05, 3.63) is 54.0 Å². The molecule has 9 heteroatoms. The number of imidazole rings is 1. The number of aromatic nitrogens is 3. The monoisotopic (exact) mass is 321 g/mol. The van der Waals surface area contributed by atoms with Crippen LogP contribution in [0, 0.1) is 0 Å². The van der Waals surface area contributed by atoms with Crippen molar-refractivity contribution in [3.8, 4) is 0 Å². The van der Waals surface area contributed by atoms with E-state index < -0.39 is 11.7 Å². The molecule has 2 heterocycles. The number of rotatable bonds is 2. The van der Waals surface area contributed by atoms with Gasteiger partial charge in [-0.3, -0.25) is 0 Å². The molecule has 0 amide bonds. The highest BCUT2D eigenvalue weighted by Gasteiger charge is 2.30. The van der Waals surface area contributed by atoms with Crippen LogP contribution in [0.2, 0.25) is 0 Å². The predicted octanol–water partition coefficient (Wildman–Crippen LogP) is 3.22. The van der Waals surface area contributed by atoms with Crippen LogP contribution < -0.4 is 5.32 Å². The Hall–Kier alpha value is -3.10. The SMILES string of the molecule is O/N=C(\Nc1ccc(C(F)(F)F)cc1)c1ccnc2nc[nH]c12. The minimum absolute atomic E-state index is 0.0569. The lowest BCUT2D eigenvalue weighted by Crippen LogP contribution is -2.15. The van der Waals surface area contributed by atoms with Crippen LogP contribution >= 0.6 is 0 Å². The highest BCUT2D eigenvalue weighted by Crippen LogP contribution is 2.30. The summed E-state index contributed by atoms with van der Waals surface area (Å²) in [5, 5.41) is 15.1. The molecule has 0 atom stereocenters. The van der Waals surface area contributed by atoms with Gasteiger partial charge in [0.25, 0.3) is 0 Å². The fraction of sp³-hybridized carbons (Fsp3) is 0.0714.